The molecule has 0 N–H and O–H groups in total. The van der Waals surface area contributed by atoms with Crippen LogP contribution < -0.4 is 0 Å². The number of nitrogens with zero attached hydrogens (tertiary/aromatic N) is 9. The molecule has 105 heavy (non-hydrogen) atoms. The summed E-state index contributed by atoms with van der Waals surface area (Å²) in [5.74, 6) is 2.63. The van der Waals surface area contributed by atoms with E-state index < -0.39 is 0 Å². The van der Waals surface area contributed by atoms with Crippen molar-refractivity contribution in [2.24, 2.45) is 0 Å². The minimum Gasteiger partial charge on any atom is -0.251 e. The Bertz CT molecular complexity index is 6060. The molecule has 12 aromatic carbocycles. The summed E-state index contributed by atoms with van der Waals surface area (Å²) < 4.78 is 0. The second-order valence-electron chi connectivity index (χ2n) is 27.3. The molecule has 0 unspecified atom stereocenters. The Balaban J connectivity index is 0.000000155. The summed E-state index contributed by atoms with van der Waals surface area (Å²) in [6.45, 7) is 8.64. The average molecular weight is 1350 g/mol. The van der Waals surface area contributed by atoms with E-state index in [2.05, 4.69) is 263 Å². The van der Waals surface area contributed by atoms with Crippen LogP contribution in [0.15, 0.2) is 346 Å². The van der Waals surface area contributed by atoms with E-state index in [4.69, 9.17) is 44.9 Å². The SMILES string of the molecule is CC(C)(C)c1ccc2ccc3c(-c4ccccc4)cc(-c4ccc(-c5ccc(-c6nc(-c7ccccc7)cc(-c7ccccc7)n6)cc5)cc4)nc3c2n1.Cc1ccc2ccc3c(-c4ccccc4)cc(-c4ccc(-c5ccc(-c6nc(-c7ccccc7)nc(-c7ccccc7)n6)cc5)cc4)nc3c2n1. The lowest BCUT2D eigenvalue weighted by Gasteiger charge is -2.19. The summed E-state index contributed by atoms with van der Waals surface area (Å²) in [5.41, 5.74) is 26.4. The molecule has 498 valence electrons. The molecule has 0 fully saturated rings. The van der Waals surface area contributed by atoms with Crippen LogP contribution in [0.2, 0.25) is 0 Å². The van der Waals surface area contributed by atoms with Gasteiger partial charge >= 0.3 is 0 Å². The van der Waals surface area contributed by atoms with Crippen molar-refractivity contribution in [3.8, 4) is 135 Å². The topological polar surface area (TPSA) is 116 Å². The maximum atomic E-state index is 5.31. The Hall–Kier alpha value is -13.6. The van der Waals surface area contributed by atoms with Crippen molar-refractivity contribution < 1.29 is 0 Å². The fourth-order valence-corrected chi connectivity index (χ4v) is 13.6. The first-order valence-electron chi connectivity index (χ1n) is 35.4. The van der Waals surface area contributed by atoms with Crippen LogP contribution in [0.25, 0.3) is 179 Å². The molecule has 0 saturated carbocycles. The first-order chi connectivity index (χ1) is 51.5. The molecule has 0 bridgehead atoms. The Morgan fingerprint density at radius 3 is 0.848 bits per heavy atom. The fourth-order valence-electron chi connectivity index (χ4n) is 13.6. The maximum Gasteiger partial charge on any atom is 0.164 e. The average Bonchev–Trinajstić information content (AvgIpc) is 0.757. The van der Waals surface area contributed by atoms with Gasteiger partial charge in [-0.05, 0) is 81.8 Å². The Labute approximate surface area is 610 Å². The first kappa shape index (κ1) is 64.7. The highest BCUT2D eigenvalue weighted by Crippen LogP contribution is 2.40. The molecule has 18 rings (SSSR count). The summed E-state index contributed by atoms with van der Waals surface area (Å²) in [6, 6.07) is 120. The molecule has 6 heterocycles. The summed E-state index contributed by atoms with van der Waals surface area (Å²) in [4.78, 5) is 45.3. The van der Waals surface area contributed by atoms with E-state index in [1.54, 1.807) is 0 Å². The second kappa shape index (κ2) is 28.1. The lowest BCUT2D eigenvalue weighted by atomic mass is 9.91. The largest absolute Gasteiger partial charge is 0.251 e. The van der Waals surface area contributed by atoms with E-state index in [9.17, 15) is 0 Å². The normalized spacial score (nSPS) is 11.4. The Kier molecular flexibility index (Phi) is 17.3. The van der Waals surface area contributed by atoms with Gasteiger partial charge in [-0.15, -0.1) is 0 Å². The molecule has 0 amide bonds. The van der Waals surface area contributed by atoms with Crippen molar-refractivity contribution in [2.75, 3.05) is 0 Å². The van der Waals surface area contributed by atoms with Crippen LogP contribution in [0, 0.1) is 6.92 Å². The Morgan fingerprint density at radius 1 is 0.200 bits per heavy atom. The molecule has 9 nitrogen and oxygen atoms in total. The van der Waals surface area contributed by atoms with Crippen LogP contribution in [0.4, 0.5) is 0 Å². The summed E-state index contributed by atoms with van der Waals surface area (Å²) in [6.07, 6.45) is 0. The predicted octanol–water partition coefficient (Wildman–Crippen LogP) is 24.2. The van der Waals surface area contributed by atoms with Gasteiger partial charge in [-0.1, -0.05) is 336 Å². The fraction of sp³-hybridized carbons (Fsp3) is 0.0521. The molecule has 0 aliphatic carbocycles. The van der Waals surface area contributed by atoms with E-state index >= 15 is 0 Å². The number of fused-ring (bicyclic) bond motifs is 6. The smallest absolute Gasteiger partial charge is 0.164 e. The van der Waals surface area contributed by atoms with Crippen LogP contribution in [-0.2, 0) is 5.41 Å². The number of aromatic nitrogens is 9. The van der Waals surface area contributed by atoms with E-state index in [0.29, 0.717) is 23.3 Å². The standard InChI is InChI=1S/C50H38N4.C46H31N5/c1-50(2,3)46-30-28-39-27-29-41-42(35-13-7-4-8-14-35)31-43(51-48(41)47(39)54-46)38-23-19-33(20-24-38)34-21-25-40(26-22-34)49-52-44(36-15-9-5-10-16-36)32-45(53-49)37-17-11-6-12-18-37;1-30-17-18-35-27-28-39-40(33-11-5-2-6-12-33)29-41(48-43(39)42(35)47-30)34-23-19-31(20-24-34)32-21-25-38(26-22-32)46-50-44(36-13-7-3-8-14-36)49-45(51-46)37-15-9-4-10-16-37/h4-32H,1-3H3;2-29H,1H3. The number of pyridine rings is 4. The van der Waals surface area contributed by atoms with E-state index in [1.807, 2.05) is 110 Å². The maximum absolute atomic E-state index is 5.31. The number of benzene rings is 12. The van der Waals surface area contributed by atoms with Gasteiger partial charge in [0, 0.05) is 82.9 Å². The Morgan fingerprint density at radius 2 is 0.476 bits per heavy atom. The van der Waals surface area contributed by atoms with Gasteiger partial charge in [0.25, 0.3) is 0 Å². The molecule has 0 aliphatic rings. The summed E-state index contributed by atoms with van der Waals surface area (Å²) in [5, 5.41) is 4.37. The third-order valence-electron chi connectivity index (χ3n) is 19.2. The van der Waals surface area contributed by atoms with Crippen LogP contribution in [0.3, 0.4) is 0 Å². The highest BCUT2D eigenvalue weighted by molar-refractivity contribution is 6.11. The minimum absolute atomic E-state index is 0.0748. The van der Waals surface area contributed by atoms with Crippen molar-refractivity contribution in [2.45, 2.75) is 33.1 Å². The zero-order valence-corrected chi connectivity index (χ0v) is 58.4. The van der Waals surface area contributed by atoms with Gasteiger partial charge in [-0.3, -0.25) is 4.98 Å². The molecule has 18 aromatic rings. The number of hydrogen-bond donors (Lipinski definition) is 0. The highest BCUT2D eigenvalue weighted by atomic mass is 15.0. The number of hydrogen-bond acceptors (Lipinski definition) is 9. The van der Waals surface area contributed by atoms with Gasteiger partial charge < -0.3 is 0 Å². The van der Waals surface area contributed by atoms with Gasteiger partial charge in [0.05, 0.1) is 44.8 Å². The van der Waals surface area contributed by atoms with E-state index in [-0.39, 0.29) is 5.41 Å². The molecule has 0 aliphatic heterocycles. The second-order valence-corrected chi connectivity index (χ2v) is 27.3. The summed E-state index contributed by atoms with van der Waals surface area (Å²) >= 11 is 0. The lowest BCUT2D eigenvalue weighted by Crippen LogP contribution is -2.13. The van der Waals surface area contributed by atoms with Crippen LogP contribution in [0.1, 0.15) is 32.2 Å². The zero-order chi connectivity index (χ0) is 70.8. The van der Waals surface area contributed by atoms with E-state index in [1.165, 1.54) is 0 Å². The van der Waals surface area contributed by atoms with Gasteiger partial charge in [-0.2, -0.15) is 0 Å². The molecule has 6 aromatic heterocycles. The number of rotatable bonds is 12. The first-order valence-corrected chi connectivity index (χ1v) is 35.4. The minimum atomic E-state index is -0.0748. The molecule has 0 saturated heterocycles. The molecule has 9 heteroatoms. The monoisotopic (exact) mass is 1350 g/mol. The van der Waals surface area contributed by atoms with Gasteiger partial charge in [0.15, 0.2) is 23.3 Å². The quantitative estimate of drug-likeness (QED) is 0.110. The zero-order valence-electron chi connectivity index (χ0n) is 58.4. The van der Waals surface area contributed by atoms with Gasteiger partial charge in [0.1, 0.15) is 0 Å². The van der Waals surface area contributed by atoms with Crippen LogP contribution in [-0.4, -0.2) is 44.9 Å². The third kappa shape index (κ3) is 13.5. The van der Waals surface area contributed by atoms with Crippen molar-refractivity contribution >= 4 is 43.6 Å². The molecule has 0 radical (unpaired) electrons. The van der Waals surface area contributed by atoms with Crippen molar-refractivity contribution in [1.29, 1.82) is 0 Å². The van der Waals surface area contributed by atoms with Crippen molar-refractivity contribution in [1.82, 2.24) is 44.9 Å². The molecule has 0 atom stereocenters. The van der Waals surface area contributed by atoms with Crippen molar-refractivity contribution in [3.05, 3.63) is 357 Å². The molecular weight excluding hydrogens is 1280 g/mol. The molecular formula is C96H69N9. The van der Waals surface area contributed by atoms with Gasteiger partial charge in [-0.25, -0.2) is 39.9 Å². The third-order valence-corrected chi connectivity index (χ3v) is 19.2. The predicted molar refractivity (Wildman–Crippen MR) is 432 cm³/mol. The molecule has 0 spiro atoms. The number of aryl methyl sites for hydroxylation is 1. The van der Waals surface area contributed by atoms with Gasteiger partial charge in [0.2, 0.25) is 0 Å². The van der Waals surface area contributed by atoms with Crippen LogP contribution in [0.5, 0.6) is 0 Å². The van der Waals surface area contributed by atoms with Crippen LogP contribution >= 0.6 is 0 Å². The summed E-state index contributed by atoms with van der Waals surface area (Å²) in [7, 11) is 0. The van der Waals surface area contributed by atoms with Crippen molar-refractivity contribution in [3.63, 3.8) is 0 Å². The highest BCUT2D eigenvalue weighted by Gasteiger charge is 2.21. The lowest BCUT2D eigenvalue weighted by molar-refractivity contribution is 0.571. The van der Waals surface area contributed by atoms with E-state index in [0.717, 1.165) is 167 Å².